The summed E-state index contributed by atoms with van der Waals surface area (Å²) < 4.78 is 0. The van der Waals surface area contributed by atoms with Gasteiger partial charge >= 0.3 is 0 Å². The lowest BCUT2D eigenvalue weighted by Gasteiger charge is -2.51. The van der Waals surface area contributed by atoms with E-state index in [-0.39, 0.29) is 23.1 Å². The molecule has 0 saturated carbocycles. The number of amides is 2. The largest absolute Gasteiger partial charge is 0.302 e. The highest BCUT2D eigenvalue weighted by molar-refractivity contribution is 6.25. The second-order valence-electron chi connectivity index (χ2n) is 8.28. The van der Waals surface area contributed by atoms with Crippen molar-refractivity contribution in [2.45, 2.75) is 11.3 Å². The summed E-state index contributed by atoms with van der Waals surface area (Å²) in [5.74, 6) is -2.60. The summed E-state index contributed by atoms with van der Waals surface area (Å²) in [6.07, 6.45) is 0.850. The Morgan fingerprint density at radius 1 is 0.839 bits per heavy atom. The van der Waals surface area contributed by atoms with Gasteiger partial charge in [0.1, 0.15) is 12.4 Å². The molecule has 2 bridgehead atoms. The lowest BCUT2D eigenvalue weighted by molar-refractivity contribution is -0.128. The summed E-state index contributed by atoms with van der Waals surface area (Å²) in [5, 5.41) is 9.55. The number of benzene rings is 3. The van der Waals surface area contributed by atoms with Crippen molar-refractivity contribution in [2.24, 2.45) is 11.8 Å². The zero-order valence-corrected chi connectivity index (χ0v) is 16.4. The molecule has 31 heavy (non-hydrogen) atoms. The normalized spacial score (nSPS) is 27.3. The highest BCUT2D eigenvalue weighted by Crippen LogP contribution is 2.63. The summed E-state index contributed by atoms with van der Waals surface area (Å²) in [5.41, 5.74) is 2.75. The quantitative estimate of drug-likeness (QED) is 0.485. The first kappa shape index (κ1) is 17.8. The van der Waals surface area contributed by atoms with Crippen LogP contribution in [0, 0.1) is 23.2 Å². The first-order chi connectivity index (χ1) is 15.1. The van der Waals surface area contributed by atoms with Crippen LogP contribution in [0.2, 0.25) is 0 Å². The van der Waals surface area contributed by atoms with E-state index in [1.54, 1.807) is 24.3 Å². The van der Waals surface area contributed by atoms with Crippen LogP contribution in [0.1, 0.15) is 33.7 Å². The lowest BCUT2D eigenvalue weighted by atomic mass is 9.48. The Morgan fingerprint density at radius 2 is 1.42 bits per heavy atom. The monoisotopic (exact) mass is 404 g/mol. The van der Waals surface area contributed by atoms with Gasteiger partial charge in [-0.25, -0.2) is 4.90 Å². The van der Waals surface area contributed by atoms with Crippen LogP contribution in [0.25, 0.3) is 0 Å². The van der Waals surface area contributed by atoms with E-state index < -0.39 is 23.2 Å². The molecule has 3 aliphatic carbocycles. The smallest absolute Gasteiger partial charge is 0.239 e. The molecule has 1 saturated heterocycles. The maximum atomic E-state index is 13.8. The maximum absolute atomic E-state index is 13.8. The Bertz CT molecular complexity index is 1310. The lowest BCUT2D eigenvalue weighted by Crippen LogP contribution is -2.54. The molecule has 0 spiro atoms. The molecule has 1 heterocycles. The minimum absolute atomic E-state index is 0.255. The van der Waals surface area contributed by atoms with Crippen molar-refractivity contribution in [2.75, 3.05) is 4.90 Å². The molecule has 5 nitrogen and oxygen atoms in total. The van der Waals surface area contributed by atoms with Gasteiger partial charge in [-0.3, -0.25) is 9.59 Å². The first-order valence-corrected chi connectivity index (χ1v) is 10.2. The number of nitriles is 1. The Balaban J connectivity index is 1.66. The Kier molecular flexibility index (Phi) is 3.44. The molecule has 148 valence electrons. The summed E-state index contributed by atoms with van der Waals surface area (Å²) in [7, 11) is 0. The van der Waals surface area contributed by atoms with E-state index in [0.717, 1.165) is 33.4 Å². The van der Waals surface area contributed by atoms with Gasteiger partial charge in [0.2, 0.25) is 11.8 Å². The molecule has 2 amide bonds. The minimum Gasteiger partial charge on any atom is -0.302 e. The van der Waals surface area contributed by atoms with Gasteiger partial charge in [0.05, 0.1) is 28.5 Å². The molecule has 5 heteroatoms. The third-order valence-corrected chi connectivity index (χ3v) is 7.14. The van der Waals surface area contributed by atoms with Gasteiger partial charge in [0, 0.05) is 5.92 Å². The highest BCUT2D eigenvalue weighted by atomic mass is 16.2. The van der Waals surface area contributed by atoms with Crippen LogP contribution >= 0.6 is 0 Å². The molecule has 3 aromatic rings. The Labute approximate surface area is 178 Å². The maximum Gasteiger partial charge on any atom is 0.239 e. The number of hydrogen-bond donors (Lipinski definition) is 0. The average molecular weight is 404 g/mol. The molecular weight excluding hydrogens is 388 g/mol. The molecule has 0 radical (unpaired) electrons. The number of carbonyl (C=O) groups is 3. The van der Waals surface area contributed by atoms with Crippen molar-refractivity contribution >= 4 is 23.8 Å². The molecular formula is C26H16N2O3. The van der Waals surface area contributed by atoms with Gasteiger partial charge in [-0.1, -0.05) is 60.7 Å². The van der Waals surface area contributed by atoms with E-state index in [4.69, 9.17) is 0 Å². The average Bonchev–Trinajstić information content (AvgIpc) is 3.09. The van der Waals surface area contributed by atoms with Gasteiger partial charge < -0.3 is 4.79 Å². The van der Waals surface area contributed by atoms with Gasteiger partial charge in [-0.2, -0.15) is 5.26 Å². The van der Waals surface area contributed by atoms with E-state index in [9.17, 15) is 19.6 Å². The van der Waals surface area contributed by atoms with E-state index >= 15 is 0 Å². The highest BCUT2D eigenvalue weighted by Gasteiger charge is 2.68. The van der Waals surface area contributed by atoms with E-state index in [1.807, 2.05) is 48.5 Å². The number of nitrogens with zero attached hydrogens (tertiary/aromatic N) is 2. The van der Waals surface area contributed by atoms with Gasteiger partial charge in [-0.15, -0.1) is 0 Å². The van der Waals surface area contributed by atoms with E-state index in [0.29, 0.717) is 0 Å². The third-order valence-electron chi connectivity index (χ3n) is 7.14. The van der Waals surface area contributed by atoms with Crippen molar-refractivity contribution in [3.05, 3.63) is 101 Å². The number of imide groups is 1. The van der Waals surface area contributed by atoms with Gasteiger partial charge in [0.15, 0.2) is 0 Å². The predicted octanol–water partition coefficient (Wildman–Crippen LogP) is 3.31. The molecule has 2 atom stereocenters. The number of aldehydes is 1. The Morgan fingerprint density at radius 3 is 2.03 bits per heavy atom. The summed E-state index contributed by atoms with van der Waals surface area (Å²) in [4.78, 5) is 41.6. The second kappa shape index (κ2) is 5.99. The van der Waals surface area contributed by atoms with Crippen molar-refractivity contribution < 1.29 is 14.4 Å². The van der Waals surface area contributed by atoms with E-state index in [1.165, 1.54) is 0 Å². The van der Waals surface area contributed by atoms with Crippen molar-refractivity contribution in [1.82, 2.24) is 0 Å². The molecule has 4 aliphatic rings. The summed E-state index contributed by atoms with van der Waals surface area (Å²) in [6.45, 7) is 0. The molecule has 1 fully saturated rings. The zero-order chi connectivity index (χ0) is 21.3. The van der Waals surface area contributed by atoms with Crippen LogP contribution in [0.3, 0.4) is 0 Å². The van der Waals surface area contributed by atoms with Crippen LogP contribution in [-0.4, -0.2) is 18.1 Å². The SMILES string of the molecule is N#Cc1ccccc1N1C(=O)[C@H]2C3c4ccccc4C(C=O)(c4ccccc43)[C@H]2C1=O. The van der Waals surface area contributed by atoms with Crippen LogP contribution in [0.4, 0.5) is 5.69 Å². The fraction of sp³-hybridized carbons (Fsp3) is 0.154. The van der Waals surface area contributed by atoms with Crippen LogP contribution in [-0.2, 0) is 19.8 Å². The molecule has 3 aromatic carbocycles. The number of hydrogen-bond acceptors (Lipinski definition) is 4. The number of rotatable bonds is 2. The van der Waals surface area contributed by atoms with Gasteiger partial charge in [-0.05, 0) is 34.4 Å². The van der Waals surface area contributed by atoms with Crippen molar-refractivity contribution in [3.8, 4) is 6.07 Å². The zero-order valence-electron chi connectivity index (χ0n) is 16.4. The van der Waals surface area contributed by atoms with Gasteiger partial charge in [0.25, 0.3) is 0 Å². The summed E-state index contributed by atoms with van der Waals surface area (Å²) in [6, 6.07) is 23.9. The topological polar surface area (TPSA) is 78.2 Å². The summed E-state index contributed by atoms with van der Waals surface area (Å²) >= 11 is 0. The van der Waals surface area contributed by atoms with Crippen LogP contribution in [0.15, 0.2) is 72.8 Å². The molecule has 7 rings (SSSR count). The molecule has 0 N–H and O–H groups in total. The number of carbonyl (C=O) groups excluding carboxylic acids is 3. The number of para-hydroxylation sites is 1. The fourth-order valence-corrected chi connectivity index (χ4v) is 6.03. The fourth-order valence-electron chi connectivity index (χ4n) is 6.03. The Hall–Kier alpha value is -4.04. The van der Waals surface area contributed by atoms with Crippen molar-refractivity contribution in [1.29, 1.82) is 5.26 Å². The number of anilines is 1. The molecule has 0 unspecified atom stereocenters. The second-order valence-corrected chi connectivity index (χ2v) is 8.28. The van der Waals surface area contributed by atoms with Crippen molar-refractivity contribution in [3.63, 3.8) is 0 Å². The molecule has 1 aliphatic heterocycles. The molecule has 0 aromatic heterocycles. The van der Waals surface area contributed by atoms with E-state index in [2.05, 4.69) is 6.07 Å². The predicted molar refractivity (Wildman–Crippen MR) is 112 cm³/mol. The standard InChI is InChI=1S/C26H16N2O3/c27-13-15-7-1-6-12-20(15)28-24(30)22-21-16-8-2-4-10-18(16)26(14-29,23(22)25(28)31)19-11-5-3-9-17(19)21/h1-12,14,21-23H/t21?,22-,23+,26?/m0/s1. The van der Waals surface area contributed by atoms with Crippen LogP contribution in [0.5, 0.6) is 0 Å². The minimum atomic E-state index is -1.23. The van der Waals surface area contributed by atoms with Crippen LogP contribution < -0.4 is 4.90 Å². The third kappa shape index (κ3) is 1.93. The first-order valence-electron chi connectivity index (χ1n) is 10.2.